The van der Waals surface area contributed by atoms with Gasteiger partial charge in [0.05, 0.1) is 6.10 Å². The van der Waals surface area contributed by atoms with Crippen LogP contribution in [0.5, 0.6) is 0 Å². The van der Waals surface area contributed by atoms with Crippen molar-refractivity contribution in [1.82, 2.24) is 4.90 Å². The van der Waals surface area contributed by atoms with Gasteiger partial charge in [0.15, 0.2) is 0 Å². The molecule has 1 fully saturated rings. The van der Waals surface area contributed by atoms with Crippen molar-refractivity contribution >= 4 is 21.4 Å². The number of hydrogen-bond donors (Lipinski definition) is 1. The summed E-state index contributed by atoms with van der Waals surface area (Å²) in [6.45, 7) is 3.51. The molecule has 1 atom stereocenters. The minimum atomic E-state index is 0.409. The highest BCUT2D eigenvalue weighted by Crippen LogP contribution is 2.32. The Morgan fingerprint density at radius 2 is 2.25 bits per heavy atom. The second kappa shape index (κ2) is 6.22. The van der Waals surface area contributed by atoms with E-state index >= 15 is 0 Å². The summed E-state index contributed by atoms with van der Waals surface area (Å²) in [6.07, 6.45) is 2.80. The molecule has 2 heterocycles. The first-order chi connectivity index (χ1) is 9.78. The van der Waals surface area contributed by atoms with E-state index in [0.29, 0.717) is 12.6 Å². The van der Waals surface area contributed by atoms with Gasteiger partial charge in [-0.25, -0.2) is 0 Å². The zero-order valence-corrected chi connectivity index (χ0v) is 12.8. The van der Waals surface area contributed by atoms with E-state index in [9.17, 15) is 0 Å². The average molecular weight is 290 g/mol. The van der Waals surface area contributed by atoms with Crippen LogP contribution in [0, 0.1) is 0 Å². The summed E-state index contributed by atoms with van der Waals surface area (Å²) in [5, 5.41) is 1.36. The summed E-state index contributed by atoms with van der Waals surface area (Å²) in [5.74, 6) is 0. The number of benzene rings is 1. The monoisotopic (exact) mass is 290 g/mol. The second-order valence-corrected chi connectivity index (χ2v) is 6.67. The molecular formula is C16H22N2OS. The molecule has 0 amide bonds. The fourth-order valence-electron chi connectivity index (χ4n) is 2.96. The van der Waals surface area contributed by atoms with Gasteiger partial charge in [0, 0.05) is 35.8 Å². The second-order valence-electron chi connectivity index (χ2n) is 5.54. The van der Waals surface area contributed by atoms with Crippen LogP contribution in [0.2, 0.25) is 0 Å². The number of nitrogens with zero attached hydrogens (tertiary/aromatic N) is 1. The first-order valence-electron chi connectivity index (χ1n) is 7.27. The Labute approximate surface area is 124 Å². The third-order valence-electron chi connectivity index (χ3n) is 3.93. The first-order valence-corrected chi connectivity index (χ1v) is 8.09. The number of ether oxygens (including phenoxy) is 1. The van der Waals surface area contributed by atoms with Crippen molar-refractivity contribution in [3.05, 3.63) is 34.7 Å². The predicted octanol–water partition coefficient (Wildman–Crippen LogP) is 2.97. The fourth-order valence-corrected chi connectivity index (χ4v) is 4.05. The van der Waals surface area contributed by atoms with Crippen LogP contribution >= 0.6 is 11.3 Å². The Bertz CT molecular complexity index is 575. The van der Waals surface area contributed by atoms with E-state index in [0.717, 1.165) is 19.7 Å². The van der Waals surface area contributed by atoms with Crippen LogP contribution in [0.15, 0.2) is 24.3 Å². The molecule has 1 aliphatic heterocycles. The van der Waals surface area contributed by atoms with Crippen LogP contribution < -0.4 is 5.73 Å². The molecule has 3 nitrogen and oxygen atoms in total. The smallest absolute Gasteiger partial charge is 0.0702 e. The van der Waals surface area contributed by atoms with Gasteiger partial charge in [-0.05, 0) is 36.9 Å². The first kappa shape index (κ1) is 14.0. The minimum absolute atomic E-state index is 0.409. The third-order valence-corrected chi connectivity index (χ3v) is 5.17. The maximum Gasteiger partial charge on any atom is 0.0702 e. The summed E-state index contributed by atoms with van der Waals surface area (Å²) < 4.78 is 7.06. The van der Waals surface area contributed by atoms with Crippen molar-refractivity contribution in [2.24, 2.45) is 5.73 Å². The highest BCUT2D eigenvalue weighted by molar-refractivity contribution is 7.19. The molecule has 3 rings (SSSR count). The van der Waals surface area contributed by atoms with Crippen molar-refractivity contribution in [2.75, 3.05) is 20.2 Å². The highest BCUT2D eigenvalue weighted by atomic mass is 32.1. The number of nitrogens with two attached hydrogens (primary N) is 1. The van der Waals surface area contributed by atoms with Crippen LogP contribution in [0.3, 0.4) is 0 Å². The molecule has 0 saturated carbocycles. The largest absolute Gasteiger partial charge is 0.377 e. The number of fused-ring (bicyclic) bond motifs is 1. The van der Waals surface area contributed by atoms with E-state index in [1.165, 1.54) is 33.4 Å². The number of likely N-dealkylation sites (N-methyl/N-ethyl adjacent to an activating group) is 1. The lowest BCUT2D eigenvalue weighted by atomic mass is 10.1. The normalized spacial score (nSPS) is 19.2. The summed E-state index contributed by atoms with van der Waals surface area (Å²) in [4.78, 5) is 3.68. The Morgan fingerprint density at radius 3 is 3.00 bits per heavy atom. The predicted molar refractivity (Wildman–Crippen MR) is 85.0 cm³/mol. The van der Waals surface area contributed by atoms with Crippen molar-refractivity contribution in [1.29, 1.82) is 0 Å². The number of hydrogen-bond acceptors (Lipinski definition) is 4. The van der Waals surface area contributed by atoms with E-state index in [4.69, 9.17) is 10.5 Å². The lowest BCUT2D eigenvalue weighted by Gasteiger charge is -2.21. The molecule has 0 aliphatic carbocycles. The van der Waals surface area contributed by atoms with Gasteiger partial charge in [0.1, 0.15) is 0 Å². The van der Waals surface area contributed by atoms with Gasteiger partial charge in [-0.15, -0.1) is 11.3 Å². The summed E-state index contributed by atoms with van der Waals surface area (Å²) in [6, 6.07) is 8.60. The lowest BCUT2D eigenvalue weighted by Crippen LogP contribution is -2.28. The third kappa shape index (κ3) is 2.88. The molecule has 4 heteroatoms. The fraction of sp³-hybridized carbons (Fsp3) is 0.500. The molecular weight excluding hydrogens is 268 g/mol. The van der Waals surface area contributed by atoms with Crippen molar-refractivity contribution < 1.29 is 4.74 Å². The summed E-state index contributed by atoms with van der Waals surface area (Å²) in [7, 11) is 2.18. The van der Waals surface area contributed by atoms with E-state index in [1.54, 1.807) is 0 Å². The molecule has 0 bridgehead atoms. The molecule has 108 valence electrons. The molecule has 1 unspecified atom stereocenters. The van der Waals surface area contributed by atoms with Crippen molar-refractivity contribution in [3.8, 4) is 0 Å². The molecule has 1 saturated heterocycles. The summed E-state index contributed by atoms with van der Waals surface area (Å²) >= 11 is 1.83. The minimum Gasteiger partial charge on any atom is -0.377 e. The van der Waals surface area contributed by atoms with Gasteiger partial charge < -0.3 is 10.5 Å². The molecule has 1 aromatic heterocycles. The highest BCUT2D eigenvalue weighted by Gasteiger charge is 2.19. The van der Waals surface area contributed by atoms with Crippen LogP contribution in [0.4, 0.5) is 0 Å². The van der Waals surface area contributed by atoms with E-state index in [1.807, 2.05) is 11.3 Å². The van der Waals surface area contributed by atoms with Crippen LogP contribution in [0.25, 0.3) is 10.1 Å². The van der Waals surface area contributed by atoms with Gasteiger partial charge in [-0.1, -0.05) is 18.2 Å². The number of thiophene rings is 1. The molecule has 0 spiro atoms. The molecule has 1 aromatic carbocycles. The maximum absolute atomic E-state index is 5.92. The SMILES string of the molecule is CN(Cc1c(CN)sc2ccccc12)CC1CCCO1. The zero-order valence-electron chi connectivity index (χ0n) is 12.0. The Kier molecular flexibility index (Phi) is 4.36. The molecule has 0 radical (unpaired) electrons. The van der Waals surface area contributed by atoms with Crippen molar-refractivity contribution in [3.63, 3.8) is 0 Å². The van der Waals surface area contributed by atoms with Gasteiger partial charge in [-0.3, -0.25) is 4.90 Å². The van der Waals surface area contributed by atoms with Crippen LogP contribution in [-0.2, 0) is 17.8 Å². The van der Waals surface area contributed by atoms with E-state index in [2.05, 4.69) is 36.2 Å². The molecule has 2 N–H and O–H groups in total. The molecule has 20 heavy (non-hydrogen) atoms. The van der Waals surface area contributed by atoms with E-state index < -0.39 is 0 Å². The van der Waals surface area contributed by atoms with Gasteiger partial charge in [0.2, 0.25) is 0 Å². The van der Waals surface area contributed by atoms with E-state index in [-0.39, 0.29) is 0 Å². The Morgan fingerprint density at radius 1 is 1.40 bits per heavy atom. The number of rotatable bonds is 5. The topological polar surface area (TPSA) is 38.5 Å². The quantitative estimate of drug-likeness (QED) is 0.920. The molecule has 2 aromatic rings. The average Bonchev–Trinajstić information content (AvgIpc) is 3.07. The zero-order chi connectivity index (χ0) is 13.9. The Hall–Kier alpha value is -0.940. The summed E-state index contributed by atoms with van der Waals surface area (Å²) in [5.41, 5.74) is 7.32. The maximum atomic E-state index is 5.92. The Balaban J connectivity index is 1.78. The van der Waals surface area contributed by atoms with Gasteiger partial charge >= 0.3 is 0 Å². The van der Waals surface area contributed by atoms with Gasteiger partial charge in [0.25, 0.3) is 0 Å². The lowest BCUT2D eigenvalue weighted by molar-refractivity contribution is 0.0794. The van der Waals surface area contributed by atoms with Gasteiger partial charge in [-0.2, -0.15) is 0 Å². The van der Waals surface area contributed by atoms with Crippen molar-refractivity contribution in [2.45, 2.75) is 32.0 Å². The van der Waals surface area contributed by atoms with Crippen LogP contribution in [0.1, 0.15) is 23.3 Å². The standard InChI is InChI=1S/C16H22N2OS/c1-18(10-12-5-4-8-19-12)11-14-13-6-2-3-7-15(13)20-16(14)9-17/h2-3,6-7,12H,4-5,8-11,17H2,1H3. The van der Waals surface area contributed by atoms with Crippen LogP contribution in [-0.4, -0.2) is 31.2 Å². The molecule has 1 aliphatic rings.